The van der Waals surface area contributed by atoms with Gasteiger partial charge in [-0.05, 0) is 36.0 Å². The van der Waals surface area contributed by atoms with E-state index < -0.39 is 0 Å². The predicted octanol–water partition coefficient (Wildman–Crippen LogP) is 4.49. The summed E-state index contributed by atoms with van der Waals surface area (Å²) in [6, 6.07) is 0. The van der Waals surface area contributed by atoms with Crippen molar-refractivity contribution in [3.05, 3.63) is 0 Å². The molecule has 0 amide bonds. The summed E-state index contributed by atoms with van der Waals surface area (Å²) >= 11 is 0. The Balaban J connectivity index is 2.63. The van der Waals surface area contributed by atoms with Gasteiger partial charge in [-0.15, -0.1) is 0 Å². The molecular formula is C13H26. The standard InChI is InChI=1S/C13H26/c1-6-10-8-11(7-2)12(9-10)13(3,4)5/h10-12H,6-9H2,1-5H3. The lowest BCUT2D eigenvalue weighted by Crippen LogP contribution is -2.23. The van der Waals surface area contributed by atoms with E-state index in [2.05, 4.69) is 34.6 Å². The second-order valence-electron chi connectivity index (χ2n) is 5.89. The molecule has 0 aliphatic heterocycles. The molecule has 1 aliphatic carbocycles. The molecule has 1 saturated carbocycles. The normalized spacial score (nSPS) is 35.3. The first-order chi connectivity index (χ1) is 5.99. The van der Waals surface area contributed by atoms with Gasteiger partial charge in [0.05, 0.1) is 0 Å². The van der Waals surface area contributed by atoms with Crippen LogP contribution in [0.4, 0.5) is 0 Å². The molecule has 3 atom stereocenters. The van der Waals surface area contributed by atoms with Crippen LogP contribution in [-0.2, 0) is 0 Å². The van der Waals surface area contributed by atoms with Gasteiger partial charge in [-0.25, -0.2) is 0 Å². The first-order valence-electron chi connectivity index (χ1n) is 5.99. The van der Waals surface area contributed by atoms with E-state index in [0.717, 1.165) is 17.8 Å². The van der Waals surface area contributed by atoms with Crippen LogP contribution in [-0.4, -0.2) is 0 Å². The summed E-state index contributed by atoms with van der Waals surface area (Å²) in [5.41, 5.74) is 0.532. The van der Waals surface area contributed by atoms with E-state index in [1.165, 1.54) is 25.7 Å². The van der Waals surface area contributed by atoms with Gasteiger partial charge in [0.2, 0.25) is 0 Å². The highest BCUT2D eigenvalue weighted by Gasteiger charge is 2.38. The van der Waals surface area contributed by atoms with Crippen LogP contribution in [0.5, 0.6) is 0 Å². The molecular weight excluding hydrogens is 156 g/mol. The predicted molar refractivity (Wildman–Crippen MR) is 59.7 cm³/mol. The monoisotopic (exact) mass is 182 g/mol. The summed E-state index contributed by atoms with van der Waals surface area (Å²) in [4.78, 5) is 0. The van der Waals surface area contributed by atoms with Gasteiger partial charge >= 0.3 is 0 Å². The second-order valence-corrected chi connectivity index (χ2v) is 5.89. The third kappa shape index (κ3) is 2.48. The zero-order chi connectivity index (χ0) is 10.1. The van der Waals surface area contributed by atoms with Crippen LogP contribution in [0.3, 0.4) is 0 Å². The van der Waals surface area contributed by atoms with Crippen LogP contribution < -0.4 is 0 Å². The average Bonchev–Trinajstić information content (AvgIpc) is 2.46. The molecule has 78 valence electrons. The average molecular weight is 182 g/mol. The minimum atomic E-state index is 0.532. The van der Waals surface area contributed by atoms with Crippen molar-refractivity contribution < 1.29 is 0 Å². The number of rotatable bonds is 2. The summed E-state index contributed by atoms with van der Waals surface area (Å²) in [6.45, 7) is 12.0. The Bertz CT molecular complexity index is 152. The molecule has 3 unspecified atom stereocenters. The minimum absolute atomic E-state index is 0.532. The van der Waals surface area contributed by atoms with Crippen LogP contribution >= 0.6 is 0 Å². The first-order valence-corrected chi connectivity index (χ1v) is 5.99. The highest BCUT2D eigenvalue weighted by molar-refractivity contribution is 4.88. The minimum Gasteiger partial charge on any atom is -0.0651 e. The Morgan fingerprint density at radius 2 is 1.62 bits per heavy atom. The van der Waals surface area contributed by atoms with Gasteiger partial charge in [-0.3, -0.25) is 0 Å². The van der Waals surface area contributed by atoms with Gasteiger partial charge in [0.1, 0.15) is 0 Å². The van der Waals surface area contributed by atoms with Gasteiger partial charge in [-0.1, -0.05) is 47.5 Å². The third-order valence-electron chi connectivity index (χ3n) is 4.01. The number of hydrogen-bond acceptors (Lipinski definition) is 0. The van der Waals surface area contributed by atoms with E-state index in [1.807, 2.05) is 0 Å². The molecule has 0 bridgehead atoms. The van der Waals surface area contributed by atoms with Crippen LogP contribution in [0.25, 0.3) is 0 Å². The van der Waals surface area contributed by atoms with E-state index >= 15 is 0 Å². The van der Waals surface area contributed by atoms with E-state index in [1.54, 1.807) is 0 Å². The summed E-state index contributed by atoms with van der Waals surface area (Å²) in [5, 5.41) is 0. The van der Waals surface area contributed by atoms with Gasteiger partial charge in [-0.2, -0.15) is 0 Å². The van der Waals surface area contributed by atoms with E-state index in [4.69, 9.17) is 0 Å². The largest absolute Gasteiger partial charge is 0.0651 e. The van der Waals surface area contributed by atoms with Crippen molar-refractivity contribution in [2.45, 2.75) is 60.3 Å². The van der Waals surface area contributed by atoms with E-state index in [9.17, 15) is 0 Å². The molecule has 13 heavy (non-hydrogen) atoms. The van der Waals surface area contributed by atoms with Crippen molar-refractivity contribution in [2.75, 3.05) is 0 Å². The molecule has 1 aliphatic rings. The second kappa shape index (κ2) is 4.02. The first kappa shape index (κ1) is 11.1. The molecule has 1 fully saturated rings. The molecule has 0 aromatic carbocycles. The fourth-order valence-corrected chi connectivity index (χ4v) is 3.09. The van der Waals surface area contributed by atoms with Crippen molar-refractivity contribution in [1.29, 1.82) is 0 Å². The highest BCUT2D eigenvalue weighted by atomic mass is 14.4. The summed E-state index contributed by atoms with van der Waals surface area (Å²) in [5.74, 6) is 3.00. The van der Waals surface area contributed by atoms with Gasteiger partial charge < -0.3 is 0 Å². The van der Waals surface area contributed by atoms with Crippen LogP contribution in [0, 0.1) is 23.2 Å². The van der Waals surface area contributed by atoms with Gasteiger partial charge in [0, 0.05) is 0 Å². The Morgan fingerprint density at radius 3 is 1.92 bits per heavy atom. The van der Waals surface area contributed by atoms with Crippen molar-refractivity contribution in [1.82, 2.24) is 0 Å². The topological polar surface area (TPSA) is 0 Å². The molecule has 0 saturated heterocycles. The van der Waals surface area contributed by atoms with Crippen molar-refractivity contribution in [3.8, 4) is 0 Å². The molecule has 0 radical (unpaired) electrons. The molecule has 0 spiro atoms. The Kier molecular flexibility index (Phi) is 3.43. The van der Waals surface area contributed by atoms with Crippen molar-refractivity contribution in [2.24, 2.45) is 23.2 Å². The molecule has 0 heteroatoms. The SMILES string of the molecule is CCC1CC(CC)C(C(C)(C)C)C1. The maximum atomic E-state index is 2.42. The van der Waals surface area contributed by atoms with E-state index in [0.29, 0.717) is 5.41 Å². The highest BCUT2D eigenvalue weighted by Crippen LogP contribution is 2.48. The maximum absolute atomic E-state index is 2.42. The lowest BCUT2D eigenvalue weighted by atomic mass is 9.74. The summed E-state index contributed by atoms with van der Waals surface area (Å²) in [6.07, 6.45) is 5.76. The lowest BCUT2D eigenvalue weighted by Gasteiger charge is -2.31. The van der Waals surface area contributed by atoms with Crippen molar-refractivity contribution >= 4 is 0 Å². The summed E-state index contributed by atoms with van der Waals surface area (Å²) in [7, 11) is 0. The fraction of sp³-hybridized carbons (Fsp3) is 1.00. The van der Waals surface area contributed by atoms with Gasteiger partial charge in [0.25, 0.3) is 0 Å². The Hall–Kier alpha value is 0. The molecule has 0 aromatic heterocycles. The maximum Gasteiger partial charge on any atom is -0.0334 e. The van der Waals surface area contributed by atoms with Crippen LogP contribution in [0.2, 0.25) is 0 Å². The molecule has 0 aromatic rings. The molecule has 0 nitrogen and oxygen atoms in total. The van der Waals surface area contributed by atoms with E-state index in [-0.39, 0.29) is 0 Å². The Labute approximate surface area is 84.1 Å². The lowest BCUT2D eigenvalue weighted by molar-refractivity contribution is 0.180. The fourth-order valence-electron chi connectivity index (χ4n) is 3.09. The zero-order valence-corrected chi connectivity index (χ0v) is 10.1. The molecule has 1 rings (SSSR count). The molecule has 0 heterocycles. The van der Waals surface area contributed by atoms with Crippen LogP contribution in [0.1, 0.15) is 60.3 Å². The van der Waals surface area contributed by atoms with Crippen molar-refractivity contribution in [3.63, 3.8) is 0 Å². The number of hydrogen-bond donors (Lipinski definition) is 0. The molecule has 0 N–H and O–H groups in total. The Morgan fingerprint density at radius 1 is 1.00 bits per heavy atom. The smallest absolute Gasteiger partial charge is 0.0334 e. The zero-order valence-electron chi connectivity index (χ0n) is 10.1. The summed E-state index contributed by atoms with van der Waals surface area (Å²) < 4.78 is 0. The third-order valence-corrected chi connectivity index (χ3v) is 4.01. The van der Waals surface area contributed by atoms with Crippen LogP contribution in [0.15, 0.2) is 0 Å². The quantitative estimate of drug-likeness (QED) is 0.590. The van der Waals surface area contributed by atoms with Gasteiger partial charge in [0.15, 0.2) is 0 Å².